The second-order valence-corrected chi connectivity index (χ2v) is 8.55. The summed E-state index contributed by atoms with van der Waals surface area (Å²) in [7, 11) is 0. The minimum Gasteiger partial charge on any atom is -0.463 e. The number of ether oxygens (including phenoxy) is 2. The second-order valence-electron chi connectivity index (χ2n) is 7.44. The van der Waals surface area contributed by atoms with Crippen LogP contribution in [-0.4, -0.2) is 22.3 Å². The van der Waals surface area contributed by atoms with E-state index in [9.17, 15) is 9.50 Å². The second kappa shape index (κ2) is 6.77. The molecule has 0 bridgehead atoms. The molecular weight excluding hydrogens is 381 g/mol. The van der Waals surface area contributed by atoms with Crippen LogP contribution in [0.5, 0.6) is 0 Å². The van der Waals surface area contributed by atoms with Crippen LogP contribution >= 0.6 is 11.3 Å². The Morgan fingerprint density at radius 2 is 2.29 bits per heavy atom. The first kappa shape index (κ1) is 18.0. The van der Waals surface area contributed by atoms with Gasteiger partial charge in [-0.15, -0.1) is 11.3 Å². The number of hydrogen-bond acceptors (Lipinski definition) is 6. The van der Waals surface area contributed by atoms with Crippen molar-refractivity contribution in [2.45, 2.75) is 50.8 Å². The molecule has 1 N–H and O–H groups in total. The molecule has 0 saturated carbocycles. The summed E-state index contributed by atoms with van der Waals surface area (Å²) in [6.45, 7) is 2.20. The van der Waals surface area contributed by atoms with Crippen LogP contribution in [-0.2, 0) is 28.3 Å². The Morgan fingerprint density at radius 3 is 3.07 bits per heavy atom. The van der Waals surface area contributed by atoms with Crippen molar-refractivity contribution in [1.29, 1.82) is 0 Å². The number of fused-ring (bicyclic) bond motifs is 2. The van der Waals surface area contributed by atoms with Crippen molar-refractivity contribution >= 4 is 11.3 Å². The summed E-state index contributed by atoms with van der Waals surface area (Å²) in [5.74, 6) is -0.514. The Kier molecular flexibility index (Phi) is 4.35. The normalized spacial score (nSPS) is 26.7. The minimum atomic E-state index is -0.989. The zero-order valence-electron chi connectivity index (χ0n) is 15.4. The van der Waals surface area contributed by atoms with Gasteiger partial charge in [0.05, 0.1) is 35.0 Å². The van der Waals surface area contributed by atoms with Crippen molar-refractivity contribution in [2.75, 3.05) is 0 Å². The van der Waals surface area contributed by atoms with E-state index in [0.717, 1.165) is 26.8 Å². The monoisotopic (exact) mass is 401 g/mol. The lowest BCUT2D eigenvalue weighted by Crippen LogP contribution is -2.43. The van der Waals surface area contributed by atoms with Gasteiger partial charge < -0.3 is 19.0 Å². The number of thiazole rings is 1. The molecule has 3 atom stereocenters. The fourth-order valence-electron chi connectivity index (χ4n) is 4.09. The van der Waals surface area contributed by atoms with E-state index in [1.807, 2.05) is 25.1 Å². The molecule has 2 aliphatic heterocycles. The molecule has 0 aliphatic carbocycles. The fraction of sp³-hybridized carbons (Fsp3) is 0.381. The van der Waals surface area contributed by atoms with E-state index < -0.39 is 11.9 Å². The van der Waals surface area contributed by atoms with Crippen molar-refractivity contribution in [3.8, 4) is 10.6 Å². The van der Waals surface area contributed by atoms with Crippen molar-refractivity contribution in [2.24, 2.45) is 0 Å². The van der Waals surface area contributed by atoms with Gasteiger partial charge in [-0.3, -0.25) is 0 Å². The van der Waals surface area contributed by atoms with Gasteiger partial charge in [-0.1, -0.05) is 0 Å². The van der Waals surface area contributed by atoms with Crippen LogP contribution in [0.4, 0.5) is 4.39 Å². The highest BCUT2D eigenvalue weighted by Crippen LogP contribution is 2.46. The van der Waals surface area contributed by atoms with Crippen LogP contribution in [0.1, 0.15) is 41.5 Å². The third-order valence-corrected chi connectivity index (χ3v) is 6.31. The van der Waals surface area contributed by atoms with Crippen molar-refractivity contribution < 1.29 is 23.4 Å². The van der Waals surface area contributed by atoms with E-state index in [4.69, 9.17) is 13.9 Å². The van der Waals surface area contributed by atoms with Crippen LogP contribution < -0.4 is 0 Å². The molecule has 3 aromatic rings. The standard InChI is InChI=1S/C21H20FNO4S/c1-12-5-15(24)9-21(27-12)16-6-13(17(22)7-14(16)11-26-21)8-20-23-10-19(28-20)18-3-2-4-25-18/h2-4,6-7,10,12,15,24H,5,8-9,11H2,1H3/t12?,15?,21-/m1/s1. The van der Waals surface area contributed by atoms with E-state index in [2.05, 4.69) is 4.98 Å². The molecule has 0 amide bonds. The Balaban J connectivity index is 1.46. The van der Waals surface area contributed by atoms with Crippen LogP contribution in [0, 0.1) is 5.82 Å². The van der Waals surface area contributed by atoms with E-state index in [0.29, 0.717) is 24.8 Å². The molecule has 28 heavy (non-hydrogen) atoms. The molecule has 1 fully saturated rings. The molecule has 1 aromatic carbocycles. The Bertz CT molecular complexity index is 990. The average Bonchev–Trinajstić information content (AvgIpc) is 3.37. The third-order valence-electron chi connectivity index (χ3n) is 5.30. The van der Waals surface area contributed by atoms with Crippen molar-refractivity contribution in [3.63, 3.8) is 0 Å². The van der Waals surface area contributed by atoms with Gasteiger partial charge in [-0.2, -0.15) is 0 Å². The third kappa shape index (κ3) is 3.08. The van der Waals surface area contributed by atoms with Gasteiger partial charge in [0.25, 0.3) is 0 Å². The SMILES string of the molecule is CC1CC(O)C[C@@]2(OCc3cc(F)c(Cc4ncc(-c5ccco5)s4)cc32)O1. The van der Waals surface area contributed by atoms with Crippen molar-refractivity contribution in [3.05, 3.63) is 64.2 Å². The van der Waals surface area contributed by atoms with Crippen LogP contribution in [0.15, 0.2) is 41.1 Å². The molecule has 4 heterocycles. The number of rotatable bonds is 3. The number of aliphatic hydroxyl groups excluding tert-OH is 1. The van der Waals surface area contributed by atoms with Crippen LogP contribution in [0.25, 0.3) is 10.6 Å². The molecule has 146 valence electrons. The Labute approximate surface area is 165 Å². The first-order valence-corrected chi connectivity index (χ1v) is 10.1. The number of aliphatic hydroxyl groups is 1. The van der Waals surface area contributed by atoms with Crippen LogP contribution in [0.3, 0.4) is 0 Å². The van der Waals surface area contributed by atoms with E-state index in [1.54, 1.807) is 12.5 Å². The summed E-state index contributed by atoms with van der Waals surface area (Å²) in [6, 6.07) is 7.04. The molecule has 1 saturated heterocycles. The molecule has 2 aromatic heterocycles. The maximum absolute atomic E-state index is 14.7. The molecule has 2 aliphatic rings. The minimum absolute atomic E-state index is 0.127. The molecule has 7 heteroatoms. The van der Waals surface area contributed by atoms with E-state index in [-0.39, 0.29) is 18.5 Å². The molecule has 2 unspecified atom stereocenters. The first-order chi connectivity index (χ1) is 13.5. The highest BCUT2D eigenvalue weighted by Gasteiger charge is 2.47. The lowest BCUT2D eigenvalue weighted by Gasteiger charge is -2.39. The summed E-state index contributed by atoms with van der Waals surface area (Å²) < 4.78 is 32.2. The van der Waals surface area contributed by atoms with E-state index in [1.165, 1.54) is 17.4 Å². The maximum Gasteiger partial charge on any atom is 0.198 e. The van der Waals surface area contributed by atoms with Crippen molar-refractivity contribution in [1.82, 2.24) is 4.98 Å². The number of hydrogen-bond donors (Lipinski definition) is 1. The van der Waals surface area contributed by atoms with E-state index >= 15 is 0 Å². The predicted molar refractivity (Wildman–Crippen MR) is 101 cm³/mol. The molecule has 1 spiro atoms. The number of furan rings is 1. The zero-order chi connectivity index (χ0) is 19.3. The summed E-state index contributed by atoms with van der Waals surface area (Å²) in [5, 5.41) is 11.0. The summed E-state index contributed by atoms with van der Waals surface area (Å²) in [4.78, 5) is 5.33. The quantitative estimate of drug-likeness (QED) is 0.706. The van der Waals surface area contributed by atoms with Gasteiger partial charge in [0.2, 0.25) is 0 Å². The smallest absolute Gasteiger partial charge is 0.198 e. The topological polar surface area (TPSA) is 64.7 Å². The fourth-order valence-corrected chi connectivity index (χ4v) is 5.00. The summed E-state index contributed by atoms with van der Waals surface area (Å²) >= 11 is 1.48. The maximum atomic E-state index is 14.7. The highest BCUT2D eigenvalue weighted by atomic mass is 32.1. The van der Waals surface area contributed by atoms with Gasteiger partial charge in [0, 0.05) is 24.6 Å². The average molecular weight is 401 g/mol. The highest BCUT2D eigenvalue weighted by molar-refractivity contribution is 7.15. The Hall–Kier alpha value is -2.06. The lowest BCUT2D eigenvalue weighted by molar-refractivity contribution is -0.295. The number of aromatic nitrogens is 1. The van der Waals surface area contributed by atoms with Gasteiger partial charge in [-0.25, -0.2) is 9.37 Å². The molecule has 5 nitrogen and oxygen atoms in total. The lowest BCUT2D eigenvalue weighted by atomic mass is 9.90. The summed E-state index contributed by atoms with van der Waals surface area (Å²) in [6.07, 6.45) is 4.04. The van der Waals surface area contributed by atoms with Gasteiger partial charge >= 0.3 is 0 Å². The molecule has 5 rings (SSSR count). The number of nitrogens with zero attached hydrogens (tertiary/aromatic N) is 1. The van der Waals surface area contributed by atoms with Gasteiger partial charge in [0.15, 0.2) is 5.79 Å². The summed E-state index contributed by atoms with van der Waals surface area (Å²) in [5.41, 5.74) is 2.13. The van der Waals surface area contributed by atoms with Gasteiger partial charge in [0.1, 0.15) is 11.6 Å². The molecular formula is C21H20FNO4S. The predicted octanol–water partition coefficient (Wildman–Crippen LogP) is 4.38. The zero-order valence-corrected chi connectivity index (χ0v) is 16.2. The van der Waals surface area contributed by atoms with Gasteiger partial charge in [-0.05, 0) is 48.7 Å². The number of benzene rings is 1. The number of halogens is 1. The molecule has 0 radical (unpaired) electrons. The first-order valence-electron chi connectivity index (χ1n) is 9.32. The Morgan fingerprint density at radius 1 is 1.39 bits per heavy atom. The largest absolute Gasteiger partial charge is 0.463 e. The van der Waals surface area contributed by atoms with Crippen LogP contribution in [0.2, 0.25) is 0 Å².